The number of benzene rings is 1. The first-order valence-corrected chi connectivity index (χ1v) is 10.6. The Balaban J connectivity index is 2.07. The Morgan fingerprint density at radius 3 is 2.34 bits per heavy atom. The largest absolute Gasteiger partial charge is 0.508 e. The van der Waals surface area contributed by atoms with Gasteiger partial charge >= 0.3 is 0 Å². The first-order chi connectivity index (χ1) is 14.9. The Labute approximate surface area is 185 Å². The molecule has 0 spiro atoms. The van der Waals surface area contributed by atoms with Gasteiger partial charge in [0, 0.05) is 17.4 Å². The summed E-state index contributed by atoms with van der Waals surface area (Å²) in [6.07, 6.45) is 0. The van der Waals surface area contributed by atoms with Crippen LogP contribution in [0.15, 0.2) is 35.1 Å². The zero-order valence-electron chi connectivity index (χ0n) is 18.3. The maximum absolute atomic E-state index is 13.8. The van der Waals surface area contributed by atoms with E-state index < -0.39 is 63.8 Å². The lowest BCUT2D eigenvalue weighted by Gasteiger charge is -2.54. The number of carbonyl (C=O) groups is 3. The molecule has 1 saturated carbocycles. The first-order valence-electron chi connectivity index (χ1n) is 10.6. The summed E-state index contributed by atoms with van der Waals surface area (Å²) in [6.45, 7) is 6.63. The van der Waals surface area contributed by atoms with Crippen LogP contribution in [0.5, 0.6) is 5.75 Å². The van der Waals surface area contributed by atoms with Crippen LogP contribution in [-0.2, 0) is 14.4 Å². The highest BCUT2D eigenvalue weighted by molar-refractivity contribution is 6.25. The van der Waals surface area contributed by atoms with Crippen LogP contribution in [0.2, 0.25) is 0 Å². The monoisotopic (exact) mass is 441 g/mol. The van der Waals surface area contributed by atoms with E-state index in [1.54, 1.807) is 19.1 Å². The molecule has 0 aromatic heterocycles. The van der Waals surface area contributed by atoms with Gasteiger partial charge in [0.25, 0.3) is 0 Å². The van der Waals surface area contributed by atoms with Gasteiger partial charge in [0.15, 0.2) is 17.2 Å². The number of aliphatic hydroxyl groups is 3. The van der Waals surface area contributed by atoms with Gasteiger partial charge in [-0.25, -0.2) is 0 Å². The molecule has 0 saturated heterocycles. The number of rotatable bonds is 2. The van der Waals surface area contributed by atoms with Gasteiger partial charge in [0.2, 0.25) is 5.78 Å². The topological polar surface area (TPSA) is 158 Å². The molecule has 3 aliphatic carbocycles. The van der Waals surface area contributed by atoms with E-state index in [4.69, 9.17) is 5.73 Å². The van der Waals surface area contributed by atoms with Crippen molar-refractivity contribution in [2.24, 2.45) is 29.4 Å². The molecule has 0 bridgehead atoms. The van der Waals surface area contributed by atoms with Crippen molar-refractivity contribution < 1.29 is 34.8 Å². The fraction of sp³-hybridized carbons (Fsp3) is 0.458. The SMILES string of the molecule is CC(=O)C1=C(O)[C@@]2(O)C(=O)C3=C(O)c4c(O)cccc4C(C(C)C)[C@H]3C(C)[C@H]2[C@H](N)C1=O. The zero-order valence-corrected chi connectivity index (χ0v) is 18.3. The van der Waals surface area contributed by atoms with Crippen LogP contribution in [-0.4, -0.2) is 49.4 Å². The third-order valence-corrected chi connectivity index (χ3v) is 7.46. The molecule has 6 atom stereocenters. The molecular weight excluding hydrogens is 414 g/mol. The summed E-state index contributed by atoms with van der Waals surface area (Å²) in [5, 5.41) is 44.0. The molecule has 1 aromatic carbocycles. The molecule has 4 rings (SSSR count). The van der Waals surface area contributed by atoms with Crippen LogP contribution >= 0.6 is 0 Å². The highest BCUT2D eigenvalue weighted by Gasteiger charge is 2.66. The Morgan fingerprint density at radius 1 is 1.16 bits per heavy atom. The molecule has 0 amide bonds. The Kier molecular flexibility index (Phi) is 4.87. The number of phenolic OH excluding ortho intramolecular Hbond substituents is 1. The number of hydrogen-bond acceptors (Lipinski definition) is 8. The van der Waals surface area contributed by atoms with Crippen molar-refractivity contribution in [3.05, 3.63) is 46.2 Å². The second-order valence-electron chi connectivity index (χ2n) is 9.45. The van der Waals surface area contributed by atoms with Gasteiger partial charge in [-0.2, -0.15) is 0 Å². The number of carbonyl (C=O) groups excluding carboxylic acids is 3. The van der Waals surface area contributed by atoms with Gasteiger partial charge in [-0.1, -0.05) is 32.9 Å². The average molecular weight is 441 g/mol. The standard InChI is InChI=1S/C24H27NO7/c1-8(2)13-11-6-5-7-12(27)16(11)20(28)17-14(13)9(3)18-19(25)21(29)15(10(4)26)22(30)24(18,32)23(17)31/h5-9,13-14,18-19,27-28,30,32H,25H2,1-4H3/t9?,13?,14-,18+,19+,24-/m1/s1. The minimum absolute atomic E-state index is 0.0440. The fourth-order valence-corrected chi connectivity index (χ4v) is 6.17. The lowest BCUT2D eigenvalue weighted by Crippen LogP contribution is -2.68. The highest BCUT2D eigenvalue weighted by atomic mass is 16.3. The number of fused-ring (bicyclic) bond motifs is 3. The van der Waals surface area contributed by atoms with Crippen LogP contribution in [0.1, 0.15) is 44.7 Å². The number of nitrogens with two attached hydrogens (primary N) is 1. The summed E-state index contributed by atoms with van der Waals surface area (Å²) in [6, 6.07) is 3.41. The number of ketones is 3. The summed E-state index contributed by atoms with van der Waals surface area (Å²) in [5.41, 5.74) is 3.45. The molecule has 6 N–H and O–H groups in total. The van der Waals surface area contributed by atoms with Crippen molar-refractivity contribution in [2.45, 2.75) is 45.3 Å². The summed E-state index contributed by atoms with van der Waals surface area (Å²) < 4.78 is 0. The van der Waals surface area contributed by atoms with Crippen LogP contribution in [0, 0.1) is 23.7 Å². The molecular formula is C24H27NO7. The number of aromatic hydroxyl groups is 1. The molecule has 1 aromatic rings. The smallest absolute Gasteiger partial charge is 0.202 e. The zero-order chi connectivity index (χ0) is 23.9. The predicted octanol–water partition coefficient (Wildman–Crippen LogP) is 1.91. The quantitative estimate of drug-likeness (QED) is 0.435. The summed E-state index contributed by atoms with van der Waals surface area (Å²) in [7, 11) is 0. The number of Topliss-reactive ketones (excluding diaryl/α,β-unsaturated/α-hetero) is 3. The summed E-state index contributed by atoms with van der Waals surface area (Å²) in [4.78, 5) is 38.7. The van der Waals surface area contributed by atoms with Gasteiger partial charge in [-0.3, -0.25) is 14.4 Å². The molecule has 0 aliphatic heterocycles. The average Bonchev–Trinajstić information content (AvgIpc) is 2.70. The Hall–Kier alpha value is -2.97. The predicted molar refractivity (Wildman–Crippen MR) is 115 cm³/mol. The molecule has 1 fully saturated rings. The van der Waals surface area contributed by atoms with Crippen LogP contribution in [0.3, 0.4) is 0 Å². The van der Waals surface area contributed by atoms with E-state index in [0.717, 1.165) is 6.92 Å². The maximum atomic E-state index is 13.8. The number of phenols is 1. The van der Waals surface area contributed by atoms with E-state index in [1.165, 1.54) is 6.07 Å². The Morgan fingerprint density at radius 2 is 1.78 bits per heavy atom. The van der Waals surface area contributed by atoms with Crippen molar-refractivity contribution >= 4 is 23.1 Å². The van der Waals surface area contributed by atoms with Crippen molar-refractivity contribution in [2.75, 3.05) is 0 Å². The van der Waals surface area contributed by atoms with Gasteiger partial charge < -0.3 is 26.2 Å². The van der Waals surface area contributed by atoms with E-state index in [0.29, 0.717) is 5.56 Å². The van der Waals surface area contributed by atoms with Crippen LogP contribution < -0.4 is 5.73 Å². The van der Waals surface area contributed by atoms with Gasteiger partial charge in [-0.05, 0) is 36.3 Å². The molecule has 0 heterocycles. The molecule has 2 unspecified atom stereocenters. The lowest BCUT2D eigenvalue weighted by molar-refractivity contribution is -0.155. The summed E-state index contributed by atoms with van der Waals surface area (Å²) >= 11 is 0. The molecule has 170 valence electrons. The van der Waals surface area contributed by atoms with Gasteiger partial charge in [0.1, 0.15) is 22.8 Å². The van der Waals surface area contributed by atoms with E-state index in [1.807, 2.05) is 13.8 Å². The molecule has 8 nitrogen and oxygen atoms in total. The van der Waals surface area contributed by atoms with Crippen LogP contribution in [0.25, 0.3) is 5.76 Å². The summed E-state index contributed by atoms with van der Waals surface area (Å²) in [5.74, 6) is -7.22. The van der Waals surface area contributed by atoms with Gasteiger partial charge in [0.05, 0.1) is 11.6 Å². The minimum Gasteiger partial charge on any atom is -0.508 e. The second kappa shape index (κ2) is 7.02. The fourth-order valence-electron chi connectivity index (χ4n) is 6.17. The highest BCUT2D eigenvalue weighted by Crippen LogP contribution is 2.59. The molecule has 32 heavy (non-hydrogen) atoms. The normalized spacial score (nSPS) is 34.4. The number of hydrogen-bond donors (Lipinski definition) is 5. The number of aliphatic hydroxyl groups excluding tert-OH is 2. The van der Waals surface area contributed by atoms with Crippen molar-refractivity contribution in [1.82, 2.24) is 0 Å². The maximum Gasteiger partial charge on any atom is 0.202 e. The van der Waals surface area contributed by atoms with E-state index in [9.17, 15) is 34.8 Å². The third-order valence-electron chi connectivity index (χ3n) is 7.46. The molecule has 0 radical (unpaired) electrons. The lowest BCUT2D eigenvalue weighted by atomic mass is 9.50. The van der Waals surface area contributed by atoms with Crippen molar-refractivity contribution in [1.29, 1.82) is 0 Å². The minimum atomic E-state index is -2.64. The van der Waals surface area contributed by atoms with Gasteiger partial charge in [-0.15, -0.1) is 0 Å². The first kappa shape index (κ1) is 22.2. The van der Waals surface area contributed by atoms with Crippen molar-refractivity contribution in [3.8, 4) is 5.75 Å². The van der Waals surface area contributed by atoms with E-state index >= 15 is 0 Å². The molecule has 8 heteroatoms. The van der Waals surface area contributed by atoms with Crippen LogP contribution in [0.4, 0.5) is 0 Å². The Bertz CT molecular complexity index is 1130. The third kappa shape index (κ3) is 2.53. The van der Waals surface area contributed by atoms with E-state index in [-0.39, 0.29) is 28.7 Å². The second-order valence-corrected chi connectivity index (χ2v) is 9.45. The van der Waals surface area contributed by atoms with Crippen molar-refractivity contribution in [3.63, 3.8) is 0 Å². The molecule has 3 aliphatic rings. The van der Waals surface area contributed by atoms with E-state index in [2.05, 4.69) is 0 Å².